The van der Waals surface area contributed by atoms with Gasteiger partial charge in [-0.1, -0.05) is 42.5 Å². The van der Waals surface area contributed by atoms with Crippen molar-refractivity contribution in [2.75, 3.05) is 0 Å². The number of para-hydroxylation sites is 3. The molecule has 0 saturated heterocycles. The minimum Gasteiger partial charge on any atom is -0.426 e. The number of ether oxygens (including phenoxy) is 1. The van der Waals surface area contributed by atoms with E-state index in [9.17, 15) is 9.59 Å². The first-order valence-electron chi connectivity index (χ1n) is 11.2. The lowest BCUT2D eigenvalue weighted by molar-refractivity contribution is -0.131. The number of imidazole rings is 1. The zero-order valence-corrected chi connectivity index (χ0v) is 18.2. The molecule has 5 nitrogen and oxygen atoms in total. The van der Waals surface area contributed by atoms with E-state index in [1.54, 1.807) is 4.57 Å². The fourth-order valence-corrected chi connectivity index (χ4v) is 4.91. The van der Waals surface area contributed by atoms with Crippen LogP contribution in [-0.4, -0.2) is 15.1 Å². The molecular weight excluding hydrogens is 400 g/mol. The Morgan fingerprint density at radius 3 is 2.50 bits per heavy atom. The third kappa shape index (κ3) is 3.75. The van der Waals surface area contributed by atoms with Crippen LogP contribution in [-0.2, 0) is 24.2 Å². The number of benzene rings is 3. The van der Waals surface area contributed by atoms with Crippen LogP contribution in [0.4, 0.5) is 0 Å². The normalized spacial score (nSPS) is 15.5. The fraction of sp³-hybridized carbons (Fsp3) is 0.259. The van der Waals surface area contributed by atoms with Crippen molar-refractivity contribution in [3.8, 4) is 11.4 Å². The van der Waals surface area contributed by atoms with Gasteiger partial charge in [0.15, 0.2) is 0 Å². The number of fused-ring (bicyclic) bond motifs is 2. The molecule has 1 aliphatic carbocycles. The number of carbonyl (C=O) groups excluding carboxylic acids is 1. The molecular formula is C27H26N2O3. The molecule has 1 aromatic heterocycles. The second kappa shape index (κ2) is 8.50. The van der Waals surface area contributed by atoms with E-state index in [0.29, 0.717) is 18.2 Å². The van der Waals surface area contributed by atoms with Gasteiger partial charge in [-0.2, -0.15) is 0 Å². The Morgan fingerprint density at radius 2 is 1.72 bits per heavy atom. The molecule has 5 rings (SSSR count). The SMILES string of the molecule is CC(=O)Oc1cccc2c1CCC(CCn1c(=O)n(-c3ccccc3)c3ccccc31)C2. The van der Waals surface area contributed by atoms with Crippen LogP contribution in [0.5, 0.6) is 5.75 Å². The topological polar surface area (TPSA) is 53.2 Å². The summed E-state index contributed by atoms with van der Waals surface area (Å²) >= 11 is 0. The van der Waals surface area contributed by atoms with Crippen molar-refractivity contribution in [2.45, 2.75) is 39.2 Å². The number of hydrogen-bond donors (Lipinski definition) is 0. The van der Waals surface area contributed by atoms with E-state index in [-0.39, 0.29) is 11.7 Å². The van der Waals surface area contributed by atoms with Gasteiger partial charge in [0.2, 0.25) is 0 Å². The average Bonchev–Trinajstić information content (AvgIpc) is 3.09. The molecule has 5 heteroatoms. The third-order valence-electron chi connectivity index (χ3n) is 6.41. The number of carbonyl (C=O) groups is 1. The highest BCUT2D eigenvalue weighted by molar-refractivity contribution is 5.78. The second-order valence-electron chi connectivity index (χ2n) is 8.48. The number of nitrogens with zero attached hydrogens (tertiary/aromatic N) is 2. The Balaban J connectivity index is 1.40. The lowest BCUT2D eigenvalue weighted by Crippen LogP contribution is -2.25. The van der Waals surface area contributed by atoms with Gasteiger partial charge < -0.3 is 4.74 Å². The summed E-state index contributed by atoms with van der Waals surface area (Å²) in [6.45, 7) is 2.12. The molecule has 0 amide bonds. The van der Waals surface area contributed by atoms with Crippen molar-refractivity contribution in [1.82, 2.24) is 9.13 Å². The van der Waals surface area contributed by atoms with Crippen LogP contribution in [0.2, 0.25) is 0 Å². The van der Waals surface area contributed by atoms with E-state index in [2.05, 4.69) is 6.07 Å². The maximum Gasteiger partial charge on any atom is 0.333 e. The molecule has 0 spiro atoms. The Kier molecular flexibility index (Phi) is 5.39. The molecule has 0 fully saturated rings. The minimum absolute atomic E-state index is 0.00533. The number of esters is 1. The van der Waals surface area contributed by atoms with Crippen molar-refractivity contribution in [2.24, 2.45) is 5.92 Å². The predicted octanol–water partition coefficient (Wildman–Crippen LogP) is 4.91. The monoisotopic (exact) mass is 426 g/mol. The third-order valence-corrected chi connectivity index (χ3v) is 6.41. The van der Waals surface area contributed by atoms with Crippen LogP contribution in [0.15, 0.2) is 77.6 Å². The Morgan fingerprint density at radius 1 is 0.969 bits per heavy atom. The molecule has 0 N–H and O–H groups in total. The number of rotatable bonds is 5. The smallest absolute Gasteiger partial charge is 0.333 e. The highest BCUT2D eigenvalue weighted by atomic mass is 16.5. The van der Waals surface area contributed by atoms with Gasteiger partial charge in [0.05, 0.1) is 16.7 Å². The highest BCUT2D eigenvalue weighted by Gasteiger charge is 2.23. The van der Waals surface area contributed by atoms with Gasteiger partial charge in [0.1, 0.15) is 5.75 Å². The second-order valence-corrected chi connectivity index (χ2v) is 8.48. The van der Waals surface area contributed by atoms with E-state index in [0.717, 1.165) is 48.0 Å². The van der Waals surface area contributed by atoms with Crippen molar-refractivity contribution in [3.05, 3.63) is 94.4 Å². The molecule has 0 aliphatic heterocycles. The summed E-state index contributed by atoms with van der Waals surface area (Å²) in [5.41, 5.74) is 5.19. The van der Waals surface area contributed by atoms with Gasteiger partial charge in [0.25, 0.3) is 0 Å². The summed E-state index contributed by atoms with van der Waals surface area (Å²) in [6, 6.07) is 23.8. The minimum atomic E-state index is -0.283. The van der Waals surface area contributed by atoms with Gasteiger partial charge in [-0.3, -0.25) is 13.9 Å². The van der Waals surface area contributed by atoms with Crippen LogP contribution in [0.1, 0.15) is 30.9 Å². The summed E-state index contributed by atoms with van der Waals surface area (Å²) in [5, 5.41) is 0. The zero-order chi connectivity index (χ0) is 22.1. The summed E-state index contributed by atoms with van der Waals surface area (Å²) in [6.07, 6.45) is 3.79. The molecule has 0 bridgehead atoms. The van der Waals surface area contributed by atoms with Crippen molar-refractivity contribution >= 4 is 17.0 Å². The number of hydrogen-bond acceptors (Lipinski definition) is 3. The van der Waals surface area contributed by atoms with E-state index in [1.165, 1.54) is 12.5 Å². The van der Waals surface area contributed by atoms with Gasteiger partial charge in [-0.15, -0.1) is 0 Å². The molecule has 1 unspecified atom stereocenters. The molecule has 1 atom stereocenters. The first kappa shape index (κ1) is 20.3. The van der Waals surface area contributed by atoms with Crippen molar-refractivity contribution in [3.63, 3.8) is 0 Å². The zero-order valence-electron chi connectivity index (χ0n) is 18.2. The van der Waals surface area contributed by atoms with Gasteiger partial charge in [0, 0.05) is 13.5 Å². The molecule has 0 radical (unpaired) electrons. The molecule has 1 aliphatic rings. The van der Waals surface area contributed by atoms with Crippen LogP contribution in [0.3, 0.4) is 0 Å². The maximum atomic E-state index is 13.4. The quantitative estimate of drug-likeness (QED) is 0.336. The fourth-order valence-electron chi connectivity index (χ4n) is 4.91. The van der Waals surface area contributed by atoms with E-state index < -0.39 is 0 Å². The van der Waals surface area contributed by atoms with E-state index >= 15 is 0 Å². The summed E-state index contributed by atoms with van der Waals surface area (Å²) in [7, 11) is 0. The molecule has 0 saturated carbocycles. The van der Waals surface area contributed by atoms with Gasteiger partial charge in [-0.05, 0) is 73.1 Å². The summed E-state index contributed by atoms with van der Waals surface area (Å²) in [5.74, 6) is 0.895. The van der Waals surface area contributed by atoms with Gasteiger partial charge >= 0.3 is 11.7 Å². The van der Waals surface area contributed by atoms with E-state index in [4.69, 9.17) is 4.74 Å². The molecule has 4 aromatic rings. The lowest BCUT2D eigenvalue weighted by Gasteiger charge is -2.26. The molecule has 3 aromatic carbocycles. The summed E-state index contributed by atoms with van der Waals surface area (Å²) < 4.78 is 9.11. The van der Waals surface area contributed by atoms with Crippen LogP contribution in [0, 0.1) is 5.92 Å². The molecule has 32 heavy (non-hydrogen) atoms. The summed E-state index contributed by atoms with van der Waals surface area (Å²) in [4.78, 5) is 24.8. The number of aryl methyl sites for hydroxylation is 1. The maximum absolute atomic E-state index is 13.4. The predicted molar refractivity (Wildman–Crippen MR) is 125 cm³/mol. The first-order valence-corrected chi connectivity index (χ1v) is 11.2. The van der Waals surface area contributed by atoms with Crippen molar-refractivity contribution in [1.29, 1.82) is 0 Å². The van der Waals surface area contributed by atoms with Crippen LogP contribution in [0.25, 0.3) is 16.7 Å². The van der Waals surface area contributed by atoms with Crippen LogP contribution >= 0.6 is 0 Å². The largest absolute Gasteiger partial charge is 0.426 e. The van der Waals surface area contributed by atoms with Crippen LogP contribution < -0.4 is 10.4 Å². The average molecular weight is 427 g/mol. The van der Waals surface area contributed by atoms with Gasteiger partial charge in [-0.25, -0.2) is 4.79 Å². The molecule has 162 valence electrons. The molecule has 1 heterocycles. The van der Waals surface area contributed by atoms with E-state index in [1.807, 2.05) is 71.3 Å². The lowest BCUT2D eigenvalue weighted by atomic mass is 9.82. The first-order chi connectivity index (χ1) is 15.6. The Hall–Kier alpha value is -3.60. The standard InChI is InChI=1S/C27H26N2O3/c1-19(30)32-26-13-7-8-21-18-20(14-15-23(21)26)16-17-28-24-11-5-6-12-25(24)29(27(28)31)22-9-3-2-4-10-22/h2-13,20H,14-18H2,1H3. The highest BCUT2D eigenvalue weighted by Crippen LogP contribution is 2.34. The van der Waals surface area contributed by atoms with Crippen molar-refractivity contribution < 1.29 is 9.53 Å². The Labute approximate surface area is 186 Å². The number of aromatic nitrogens is 2. The Bertz CT molecular complexity index is 1330.